The summed E-state index contributed by atoms with van der Waals surface area (Å²) < 4.78 is 0. The van der Waals surface area contributed by atoms with E-state index >= 15 is 0 Å². The molecule has 2 aromatic carbocycles. The summed E-state index contributed by atoms with van der Waals surface area (Å²) in [5, 5.41) is 26.8. The molecule has 334 valence electrons. The molecule has 2 saturated heterocycles. The number of carbonyl (C=O) groups is 6. The summed E-state index contributed by atoms with van der Waals surface area (Å²) in [7, 11) is 0. The van der Waals surface area contributed by atoms with Crippen molar-refractivity contribution in [2.24, 2.45) is 17.6 Å². The predicted octanol–water partition coefficient (Wildman–Crippen LogP) is 3.18. The van der Waals surface area contributed by atoms with Crippen LogP contribution in [0, 0.1) is 17.2 Å². The van der Waals surface area contributed by atoms with Crippen molar-refractivity contribution in [2.75, 3.05) is 19.6 Å². The van der Waals surface area contributed by atoms with Crippen LogP contribution in [0.15, 0.2) is 60.8 Å². The van der Waals surface area contributed by atoms with E-state index in [2.05, 4.69) is 36.9 Å². The highest BCUT2D eigenvalue weighted by Gasteiger charge is 2.40. The fourth-order valence-corrected chi connectivity index (χ4v) is 9.33. The van der Waals surface area contributed by atoms with Crippen LogP contribution in [0.1, 0.15) is 108 Å². The van der Waals surface area contributed by atoms with Crippen LogP contribution in [0.2, 0.25) is 0 Å². The number of rotatable bonds is 12. The van der Waals surface area contributed by atoms with Crippen molar-refractivity contribution in [2.45, 2.75) is 127 Å². The molecular weight excluding hydrogens is 789 g/mol. The molecular formula is C46H64N10O6. The quantitative estimate of drug-likeness (QED) is 0.0738. The first-order valence-electron chi connectivity index (χ1n) is 22.4. The van der Waals surface area contributed by atoms with Crippen LogP contribution in [-0.4, -0.2) is 95.1 Å². The lowest BCUT2D eigenvalue weighted by Crippen LogP contribution is -2.59. The Morgan fingerprint density at radius 2 is 1.68 bits per heavy atom. The minimum Gasteiger partial charge on any atom is -0.370 e. The van der Waals surface area contributed by atoms with Crippen LogP contribution in [0.5, 0.6) is 0 Å². The van der Waals surface area contributed by atoms with Gasteiger partial charge in [-0.3, -0.25) is 39.5 Å². The van der Waals surface area contributed by atoms with Gasteiger partial charge in [0.05, 0.1) is 12.2 Å². The van der Waals surface area contributed by atoms with Gasteiger partial charge >= 0.3 is 0 Å². The van der Waals surface area contributed by atoms with Crippen LogP contribution in [0.3, 0.4) is 0 Å². The monoisotopic (exact) mass is 853 g/mol. The summed E-state index contributed by atoms with van der Waals surface area (Å²) in [4.78, 5) is 88.9. The first-order valence-corrected chi connectivity index (χ1v) is 22.4. The lowest BCUT2D eigenvalue weighted by Gasteiger charge is -2.33. The molecule has 16 nitrogen and oxygen atoms in total. The molecule has 6 rings (SSSR count). The zero-order valence-electron chi connectivity index (χ0n) is 35.8. The Hall–Kier alpha value is -5.77. The molecule has 3 fully saturated rings. The molecule has 1 aromatic heterocycles. The summed E-state index contributed by atoms with van der Waals surface area (Å²) in [5.41, 5.74) is 7.94. The van der Waals surface area contributed by atoms with Gasteiger partial charge in [-0.15, -0.1) is 0 Å². The average molecular weight is 853 g/mol. The van der Waals surface area contributed by atoms with Gasteiger partial charge in [0.15, 0.2) is 11.7 Å². The highest BCUT2D eigenvalue weighted by molar-refractivity contribution is 5.95. The minimum absolute atomic E-state index is 0.0619. The molecule has 5 amide bonds. The number of fused-ring (bicyclic) bond motifs is 2. The maximum atomic E-state index is 14.7. The van der Waals surface area contributed by atoms with E-state index in [1.165, 1.54) is 6.92 Å². The van der Waals surface area contributed by atoms with E-state index in [-0.39, 0.29) is 42.9 Å². The number of nitrogens with one attached hydrogen (secondary N) is 8. The van der Waals surface area contributed by atoms with Gasteiger partial charge in [0, 0.05) is 56.0 Å². The fourth-order valence-electron chi connectivity index (χ4n) is 9.33. The molecule has 0 unspecified atom stereocenters. The highest BCUT2D eigenvalue weighted by atomic mass is 16.2. The van der Waals surface area contributed by atoms with Crippen molar-refractivity contribution >= 4 is 52.2 Å². The number of ketones is 1. The van der Waals surface area contributed by atoms with Crippen molar-refractivity contribution in [1.29, 1.82) is 5.41 Å². The molecule has 3 heterocycles. The smallest absolute Gasteiger partial charge is 0.247 e. The first kappa shape index (κ1) is 45.7. The number of nitrogens with two attached hydrogens (primary N) is 1. The molecule has 10 N–H and O–H groups in total. The molecule has 0 bridgehead atoms. The summed E-state index contributed by atoms with van der Waals surface area (Å²) >= 11 is 0. The molecule has 0 spiro atoms. The Morgan fingerprint density at radius 1 is 0.919 bits per heavy atom. The number of H-pyrrole nitrogens is 1. The topological polar surface area (TPSA) is 244 Å². The van der Waals surface area contributed by atoms with E-state index in [0.29, 0.717) is 69.5 Å². The number of aromatic amines is 1. The van der Waals surface area contributed by atoms with E-state index < -0.39 is 54.0 Å². The van der Waals surface area contributed by atoms with Gasteiger partial charge in [-0.25, -0.2) is 0 Å². The molecule has 3 aromatic rings. The van der Waals surface area contributed by atoms with E-state index in [4.69, 9.17) is 11.1 Å². The largest absolute Gasteiger partial charge is 0.370 e. The van der Waals surface area contributed by atoms with Gasteiger partial charge in [-0.1, -0.05) is 80.6 Å². The van der Waals surface area contributed by atoms with Gasteiger partial charge < -0.3 is 42.2 Å². The van der Waals surface area contributed by atoms with Crippen molar-refractivity contribution in [3.05, 3.63) is 71.9 Å². The maximum absolute atomic E-state index is 14.7. The van der Waals surface area contributed by atoms with E-state index in [1.54, 1.807) is 35.2 Å². The van der Waals surface area contributed by atoms with Crippen molar-refractivity contribution in [3.63, 3.8) is 0 Å². The highest BCUT2D eigenvalue weighted by Crippen LogP contribution is 2.29. The van der Waals surface area contributed by atoms with Gasteiger partial charge in [0.25, 0.3) is 0 Å². The van der Waals surface area contributed by atoms with Gasteiger partial charge in [0.2, 0.25) is 29.5 Å². The maximum Gasteiger partial charge on any atom is 0.247 e. The number of nitrogens with zero attached hydrogens (tertiary/aromatic N) is 1. The molecule has 16 heteroatoms. The summed E-state index contributed by atoms with van der Waals surface area (Å²) in [6.45, 7) is 2.15. The third kappa shape index (κ3) is 12.6. The molecule has 1 aliphatic carbocycles. The number of hydrogen-bond acceptors (Lipinski definition) is 8. The molecule has 6 atom stereocenters. The third-order valence-corrected chi connectivity index (χ3v) is 12.5. The number of guanidine groups is 1. The average Bonchev–Trinajstić information content (AvgIpc) is 3.92. The molecule has 0 radical (unpaired) electrons. The lowest BCUT2D eigenvalue weighted by atomic mass is 9.85. The van der Waals surface area contributed by atoms with Crippen LogP contribution < -0.4 is 37.6 Å². The van der Waals surface area contributed by atoms with Crippen LogP contribution >= 0.6 is 0 Å². The Balaban J connectivity index is 1.32. The molecule has 1 saturated carbocycles. The Bertz CT molecular complexity index is 2030. The Kier molecular flexibility index (Phi) is 16.5. The van der Waals surface area contributed by atoms with Gasteiger partial charge in [-0.05, 0) is 74.5 Å². The van der Waals surface area contributed by atoms with Crippen molar-refractivity contribution in [3.8, 4) is 0 Å². The number of carbonyl (C=O) groups excluding carboxylic acids is 6. The van der Waals surface area contributed by atoms with E-state index in [0.717, 1.165) is 48.6 Å². The second-order valence-electron chi connectivity index (χ2n) is 17.2. The normalized spacial score (nSPS) is 24.0. The van der Waals surface area contributed by atoms with E-state index in [1.807, 2.05) is 30.5 Å². The number of aromatic nitrogens is 1. The molecule has 62 heavy (non-hydrogen) atoms. The first-order chi connectivity index (χ1) is 30.0. The minimum atomic E-state index is -1.07. The number of para-hydroxylation sites is 1. The van der Waals surface area contributed by atoms with Crippen LogP contribution in [0.25, 0.3) is 10.9 Å². The third-order valence-electron chi connectivity index (χ3n) is 12.5. The second kappa shape index (κ2) is 22.4. The Morgan fingerprint density at radius 3 is 2.44 bits per heavy atom. The standard InChI is InChI=1S/C46H64N10O6/c1-29(57)52-41(31-15-6-3-7-16-31)44(61)54-36-20-11-22-49-42(59)32(17-10-23-50-46(47)48)27-39(58)37(26-33-28-51-35-19-9-8-18-34(33)35)53-40(25-30-13-4-2-5-14-30)55-43(60)38-21-12-24-56(38)45(36)62/h3,6-9,15-16,18-19,28,30,32,36-38,40-41,51,53H,2,4-5,10-14,17,20-27H2,1H3,(H,49,59)(H,52,57)(H,54,61)(H,55,60)(H4,47,48,50)/t32-,36+,37+,38+,40-,41+/m1/s1. The summed E-state index contributed by atoms with van der Waals surface area (Å²) in [6.07, 6.45) is 9.76. The zero-order chi connectivity index (χ0) is 44.0. The van der Waals surface area contributed by atoms with E-state index in [9.17, 15) is 28.8 Å². The van der Waals surface area contributed by atoms with Crippen LogP contribution in [-0.2, 0) is 35.2 Å². The van der Waals surface area contributed by atoms with Crippen molar-refractivity contribution in [1.82, 2.24) is 41.8 Å². The van der Waals surface area contributed by atoms with Gasteiger partial charge in [0.1, 0.15) is 18.1 Å². The lowest BCUT2D eigenvalue weighted by molar-refractivity contribution is -0.142. The number of benzene rings is 2. The van der Waals surface area contributed by atoms with Gasteiger partial charge in [-0.2, -0.15) is 0 Å². The zero-order valence-corrected chi connectivity index (χ0v) is 35.8. The fraction of sp³-hybridized carbons (Fsp3) is 0.543. The number of Topliss-reactive ketones (excluding diaryl/α,β-unsaturated/α-hetero) is 1. The van der Waals surface area contributed by atoms with Crippen LogP contribution in [0.4, 0.5) is 0 Å². The second-order valence-corrected chi connectivity index (χ2v) is 17.2. The predicted molar refractivity (Wildman–Crippen MR) is 236 cm³/mol. The summed E-state index contributed by atoms with van der Waals surface area (Å²) in [5.74, 6) is -2.79. The number of amides is 5. The Labute approximate surface area is 363 Å². The van der Waals surface area contributed by atoms with Crippen molar-refractivity contribution < 1.29 is 28.8 Å². The summed E-state index contributed by atoms with van der Waals surface area (Å²) in [6, 6.07) is 13.0. The SMILES string of the molecule is CC(=O)N[C@H](C(=O)N[C@H]1CCCNC(=O)[C@H](CCCNC(=N)N)CC(=O)[C@H](Cc2c[nH]c3ccccc23)N[C@@H](CC2CCCCC2)NC(=O)[C@@H]2CCCN2C1=O)c1ccccc1. The number of hydrogen-bond donors (Lipinski definition) is 9. The molecule has 3 aliphatic rings. The molecule has 2 aliphatic heterocycles.